The van der Waals surface area contributed by atoms with Crippen LogP contribution in [0.2, 0.25) is 0 Å². The third-order valence-electron chi connectivity index (χ3n) is 5.27. The maximum Gasteiger partial charge on any atom is 0.174 e. The molecule has 5 nitrogen and oxygen atoms in total. The molecule has 5 rings (SSSR count). The van der Waals surface area contributed by atoms with Gasteiger partial charge in [0.25, 0.3) is 0 Å². The first-order valence-corrected chi connectivity index (χ1v) is 10.2. The van der Waals surface area contributed by atoms with Crippen LogP contribution in [-0.2, 0) is 0 Å². The predicted molar refractivity (Wildman–Crippen MR) is 120 cm³/mol. The molecule has 0 radical (unpaired) electrons. The molecule has 154 valence electrons. The Labute approximate surface area is 183 Å². The van der Waals surface area contributed by atoms with Gasteiger partial charge in [0, 0.05) is 17.4 Å². The molecule has 2 N–H and O–H groups in total. The summed E-state index contributed by atoms with van der Waals surface area (Å²) in [4.78, 5) is 6.48. The van der Waals surface area contributed by atoms with Crippen molar-refractivity contribution < 1.29 is 13.9 Å². The van der Waals surface area contributed by atoms with Gasteiger partial charge in [-0.1, -0.05) is 6.07 Å². The van der Waals surface area contributed by atoms with Crippen molar-refractivity contribution in [2.24, 2.45) is 0 Å². The molecule has 31 heavy (non-hydrogen) atoms. The molecule has 0 amide bonds. The number of nitrogens with one attached hydrogen (secondary N) is 1. The van der Waals surface area contributed by atoms with Crippen molar-refractivity contribution in [3.63, 3.8) is 0 Å². The largest absolute Gasteiger partial charge is 0.508 e. The van der Waals surface area contributed by atoms with Gasteiger partial charge in [-0.2, -0.15) is 0 Å². The highest BCUT2D eigenvalue weighted by Crippen LogP contribution is 2.43. The molecule has 0 unspecified atom stereocenters. The molecule has 1 saturated heterocycles. The van der Waals surface area contributed by atoms with Crippen LogP contribution in [-0.4, -0.2) is 15.2 Å². The van der Waals surface area contributed by atoms with Crippen LogP contribution in [0.4, 0.5) is 10.1 Å². The van der Waals surface area contributed by atoms with E-state index in [9.17, 15) is 9.50 Å². The third-order valence-corrected chi connectivity index (χ3v) is 5.59. The Balaban J connectivity index is 1.59. The number of aromatic hydroxyl groups is 1. The van der Waals surface area contributed by atoms with E-state index in [0.717, 1.165) is 16.9 Å². The lowest BCUT2D eigenvalue weighted by Crippen LogP contribution is -2.29. The van der Waals surface area contributed by atoms with Crippen LogP contribution in [0.15, 0.2) is 89.5 Å². The molecule has 4 aromatic rings. The molecule has 1 aliphatic rings. The van der Waals surface area contributed by atoms with Gasteiger partial charge in [-0.15, -0.1) is 0 Å². The average Bonchev–Trinajstić information content (AvgIpc) is 3.40. The van der Waals surface area contributed by atoms with Crippen molar-refractivity contribution in [1.82, 2.24) is 10.3 Å². The van der Waals surface area contributed by atoms with Gasteiger partial charge >= 0.3 is 0 Å². The second kappa shape index (κ2) is 7.85. The molecule has 0 aliphatic carbocycles. The first kappa shape index (κ1) is 19.3. The molecule has 0 bridgehead atoms. The van der Waals surface area contributed by atoms with E-state index in [1.165, 1.54) is 12.1 Å². The highest BCUT2D eigenvalue weighted by Gasteiger charge is 2.42. The summed E-state index contributed by atoms with van der Waals surface area (Å²) in [6.07, 6.45) is 1.74. The maximum atomic E-state index is 13.3. The number of anilines is 1. The van der Waals surface area contributed by atoms with Gasteiger partial charge in [-0.3, -0.25) is 4.98 Å². The summed E-state index contributed by atoms with van der Waals surface area (Å²) in [6.45, 7) is 0. The maximum absolute atomic E-state index is 13.3. The zero-order chi connectivity index (χ0) is 21.4. The van der Waals surface area contributed by atoms with E-state index in [0.29, 0.717) is 16.6 Å². The highest BCUT2D eigenvalue weighted by molar-refractivity contribution is 7.80. The van der Waals surface area contributed by atoms with Crippen molar-refractivity contribution in [3.05, 3.63) is 102 Å². The van der Waals surface area contributed by atoms with Crippen LogP contribution < -0.4 is 10.2 Å². The average molecular weight is 431 g/mol. The molecular weight excluding hydrogens is 413 g/mol. The molecule has 1 fully saturated rings. The molecular formula is C24H18FN3O2S. The molecule has 2 atom stereocenters. The number of benzene rings is 2. The minimum Gasteiger partial charge on any atom is -0.508 e. The lowest BCUT2D eigenvalue weighted by atomic mass is 10.0. The minimum atomic E-state index is -0.304. The van der Waals surface area contributed by atoms with Crippen molar-refractivity contribution in [3.8, 4) is 17.1 Å². The number of nitrogens with zero attached hydrogens (tertiary/aromatic N) is 2. The summed E-state index contributed by atoms with van der Waals surface area (Å²) in [5.74, 6) is 1.21. The number of thiocarbonyl (C=S) groups is 1. The zero-order valence-electron chi connectivity index (χ0n) is 16.3. The van der Waals surface area contributed by atoms with Crippen LogP contribution in [0.1, 0.15) is 23.5 Å². The third kappa shape index (κ3) is 3.64. The summed E-state index contributed by atoms with van der Waals surface area (Å²) in [5.41, 5.74) is 2.43. The van der Waals surface area contributed by atoms with Gasteiger partial charge < -0.3 is 19.7 Å². The standard InChI is InChI=1S/C24H18FN3O2S/c25-16-6-4-15(5-7-16)20-12-13-21(30-20)23-22(19-3-1-2-14-26-19)27-24(31)28(23)17-8-10-18(29)11-9-17/h1-14,22-23,29H,(H,27,31)/t22-,23+/m1/s1. The van der Waals surface area contributed by atoms with E-state index >= 15 is 0 Å². The Morgan fingerprint density at radius 2 is 1.74 bits per heavy atom. The number of phenolic OH excluding ortho intramolecular Hbond substituents is 1. The number of halogens is 1. The number of hydrogen-bond acceptors (Lipinski definition) is 4. The lowest BCUT2D eigenvalue weighted by Gasteiger charge is -2.26. The fraction of sp³-hybridized carbons (Fsp3) is 0.0833. The monoisotopic (exact) mass is 431 g/mol. The van der Waals surface area contributed by atoms with Gasteiger partial charge in [0.15, 0.2) is 5.11 Å². The molecule has 2 aromatic carbocycles. The second-order valence-electron chi connectivity index (χ2n) is 7.22. The van der Waals surface area contributed by atoms with Gasteiger partial charge in [-0.25, -0.2) is 4.39 Å². The van der Waals surface area contributed by atoms with Crippen LogP contribution in [0.3, 0.4) is 0 Å². The quantitative estimate of drug-likeness (QED) is 0.424. The summed E-state index contributed by atoms with van der Waals surface area (Å²) >= 11 is 5.67. The predicted octanol–water partition coefficient (Wildman–Crippen LogP) is 5.36. The summed E-state index contributed by atoms with van der Waals surface area (Å²) in [7, 11) is 0. The molecule has 2 aromatic heterocycles. The molecule has 0 saturated carbocycles. The van der Waals surface area contributed by atoms with E-state index in [2.05, 4.69) is 10.3 Å². The van der Waals surface area contributed by atoms with E-state index < -0.39 is 0 Å². The summed E-state index contributed by atoms with van der Waals surface area (Å²) in [5, 5.41) is 13.6. The van der Waals surface area contributed by atoms with Crippen molar-refractivity contribution >= 4 is 23.0 Å². The number of aromatic nitrogens is 1. The van der Waals surface area contributed by atoms with E-state index in [4.69, 9.17) is 16.6 Å². The Morgan fingerprint density at radius 1 is 0.968 bits per heavy atom. The molecule has 0 spiro atoms. The number of rotatable bonds is 4. The highest BCUT2D eigenvalue weighted by atomic mass is 32.1. The van der Waals surface area contributed by atoms with Crippen molar-refractivity contribution in [2.45, 2.75) is 12.1 Å². The molecule has 3 heterocycles. The van der Waals surface area contributed by atoms with Crippen LogP contribution >= 0.6 is 12.2 Å². The Morgan fingerprint density at radius 3 is 2.45 bits per heavy atom. The van der Waals surface area contributed by atoms with Crippen LogP contribution in [0, 0.1) is 5.82 Å². The number of phenols is 1. The number of hydrogen-bond donors (Lipinski definition) is 2. The van der Waals surface area contributed by atoms with E-state index in [-0.39, 0.29) is 23.7 Å². The Hall–Kier alpha value is -3.71. The SMILES string of the molecule is Oc1ccc(N2C(=S)N[C@H](c3ccccn3)[C@@H]2c2ccc(-c3ccc(F)cc3)o2)cc1. The van der Waals surface area contributed by atoms with Gasteiger partial charge in [0.05, 0.1) is 11.7 Å². The number of pyridine rings is 1. The molecule has 7 heteroatoms. The Bertz CT molecular complexity index is 1210. The fourth-order valence-corrected chi connectivity index (χ4v) is 4.16. The normalized spacial score (nSPS) is 18.2. The first-order chi connectivity index (χ1) is 15.1. The smallest absolute Gasteiger partial charge is 0.174 e. The van der Waals surface area contributed by atoms with Crippen molar-refractivity contribution in [1.29, 1.82) is 0 Å². The summed E-state index contributed by atoms with van der Waals surface area (Å²) < 4.78 is 19.5. The second-order valence-corrected chi connectivity index (χ2v) is 7.61. The topological polar surface area (TPSA) is 61.5 Å². The van der Waals surface area contributed by atoms with Crippen LogP contribution in [0.5, 0.6) is 5.75 Å². The van der Waals surface area contributed by atoms with Crippen LogP contribution in [0.25, 0.3) is 11.3 Å². The van der Waals surface area contributed by atoms with Gasteiger partial charge in [0.2, 0.25) is 0 Å². The van der Waals surface area contributed by atoms with E-state index in [1.807, 2.05) is 35.2 Å². The van der Waals surface area contributed by atoms with Crippen molar-refractivity contribution in [2.75, 3.05) is 4.90 Å². The minimum absolute atomic E-state index is 0.177. The zero-order valence-corrected chi connectivity index (χ0v) is 17.1. The van der Waals surface area contributed by atoms with Gasteiger partial charge in [-0.05, 0) is 85.0 Å². The fourth-order valence-electron chi connectivity index (χ4n) is 3.82. The van der Waals surface area contributed by atoms with E-state index in [1.54, 1.807) is 42.6 Å². The molecule has 1 aliphatic heterocycles. The Kier molecular flexibility index (Phi) is 4.88. The lowest BCUT2D eigenvalue weighted by molar-refractivity contribution is 0.439. The first-order valence-electron chi connectivity index (χ1n) is 9.75. The van der Waals surface area contributed by atoms with Gasteiger partial charge in [0.1, 0.15) is 29.1 Å². The number of furan rings is 1. The summed E-state index contributed by atoms with van der Waals surface area (Å²) in [6, 6.07) is 22.0.